The molecule has 0 aliphatic carbocycles. The minimum atomic E-state index is -0.103. The highest BCUT2D eigenvalue weighted by Gasteiger charge is 2.28. The minimum Gasteiger partial charge on any atom is -0.481 e. The van der Waals surface area contributed by atoms with Gasteiger partial charge in [0, 0.05) is 25.0 Å². The molecule has 2 rings (SSSR count). The van der Waals surface area contributed by atoms with Gasteiger partial charge in [-0.25, -0.2) is 4.98 Å². The molecule has 23 heavy (non-hydrogen) atoms. The van der Waals surface area contributed by atoms with Crippen LogP contribution in [0.15, 0.2) is 42.7 Å². The van der Waals surface area contributed by atoms with Crippen LogP contribution < -0.4 is 4.74 Å². The van der Waals surface area contributed by atoms with Gasteiger partial charge in [-0.05, 0) is 30.5 Å². The molecule has 2 heterocycles. The van der Waals surface area contributed by atoms with Gasteiger partial charge in [0.1, 0.15) is 5.69 Å². The first-order valence-electron chi connectivity index (χ1n) is 7.80. The Labute approximate surface area is 137 Å². The molecule has 0 spiro atoms. The maximum atomic E-state index is 13.0. The van der Waals surface area contributed by atoms with Crippen LogP contribution in [0.5, 0.6) is 5.88 Å². The van der Waals surface area contributed by atoms with Gasteiger partial charge in [-0.1, -0.05) is 26.0 Å². The second-order valence-corrected chi connectivity index (χ2v) is 5.63. The minimum absolute atomic E-state index is 0.0470. The van der Waals surface area contributed by atoms with Gasteiger partial charge in [0.2, 0.25) is 5.88 Å². The number of aromatic nitrogens is 2. The maximum Gasteiger partial charge on any atom is 0.273 e. The van der Waals surface area contributed by atoms with E-state index in [0.29, 0.717) is 18.1 Å². The average Bonchev–Trinajstić information content (AvgIpc) is 2.59. The Bertz CT molecular complexity index is 644. The lowest BCUT2D eigenvalue weighted by Gasteiger charge is -2.33. The smallest absolute Gasteiger partial charge is 0.273 e. The summed E-state index contributed by atoms with van der Waals surface area (Å²) in [6.07, 6.45) is 3.56. The van der Waals surface area contributed by atoms with Crippen LogP contribution >= 0.6 is 0 Å². The van der Waals surface area contributed by atoms with Crippen LogP contribution in [0.1, 0.15) is 42.9 Å². The first-order valence-corrected chi connectivity index (χ1v) is 7.80. The number of hydrogen-bond donors (Lipinski definition) is 0. The van der Waals surface area contributed by atoms with Crippen molar-refractivity contribution in [2.75, 3.05) is 13.7 Å². The quantitative estimate of drug-likeness (QED) is 0.820. The fraction of sp³-hybridized carbons (Fsp3) is 0.389. The third-order valence-corrected chi connectivity index (χ3v) is 3.75. The van der Waals surface area contributed by atoms with E-state index in [4.69, 9.17) is 4.74 Å². The zero-order valence-corrected chi connectivity index (χ0v) is 14.1. The summed E-state index contributed by atoms with van der Waals surface area (Å²) in [6, 6.07) is 9.08. The van der Waals surface area contributed by atoms with Gasteiger partial charge in [-0.2, -0.15) is 0 Å². The van der Waals surface area contributed by atoms with Crippen molar-refractivity contribution in [1.29, 1.82) is 0 Å². The number of carbonyl (C=O) groups is 1. The molecule has 5 nitrogen and oxygen atoms in total. The number of amides is 1. The standard InChI is InChI=1S/C18H23N3O2/c1-5-21(17(13(2)3)14-8-7-11-19-12-14)18(22)15-9-6-10-16(20-15)23-4/h6-13,17H,5H2,1-4H3. The molecule has 1 unspecified atom stereocenters. The largest absolute Gasteiger partial charge is 0.481 e. The molecule has 0 aliphatic heterocycles. The van der Waals surface area contributed by atoms with Gasteiger partial charge in [-0.3, -0.25) is 9.78 Å². The van der Waals surface area contributed by atoms with E-state index in [0.717, 1.165) is 5.56 Å². The topological polar surface area (TPSA) is 55.3 Å². The molecule has 2 aromatic rings. The van der Waals surface area contributed by atoms with Crippen LogP contribution in [0.2, 0.25) is 0 Å². The van der Waals surface area contributed by atoms with E-state index in [1.165, 1.54) is 0 Å². The number of nitrogens with zero attached hydrogens (tertiary/aromatic N) is 3. The molecule has 0 N–H and O–H groups in total. The molecule has 0 fully saturated rings. The van der Waals surface area contributed by atoms with Gasteiger partial charge in [0.05, 0.1) is 13.2 Å². The highest BCUT2D eigenvalue weighted by molar-refractivity contribution is 5.92. The Morgan fingerprint density at radius 1 is 1.26 bits per heavy atom. The highest BCUT2D eigenvalue weighted by atomic mass is 16.5. The molecule has 2 aromatic heterocycles. The number of ether oxygens (including phenoxy) is 1. The van der Waals surface area contributed by atoms with E-state index in [2.05, 4.69) is 23.8 Å². The number of hydrogen-bond acceptors (Lipinski definition) is 4. The molecule has 1 amide bonds. The molecule has 0 aliphatic rings. The molecule has 1 atom stereocenters. The molecule has 0 bridgehead atoms. The average molecular weight is 313 g/mol. The van der Waals surface area contributed by atoms with Gasteiger partial charge >= 0.3 is 0 Å². The molecule has 0 aromatic carbocycles. The fourth-order valence-corrected chi connectivity index (χ4v) is 2.74. The summed E-state index contributed by atoms with van der Waals surface area (Å²) in [5.74, 6) is 0.594. The molecular weight excluding hydrogens is 290 g/mol. The summed E-state index contributed by atoms with van der Waals surface area (Å²) in [6.45, 7) is 6.78. The highest BCUT2D eigenvalue weighted by Crippen LogP contribution is 2.29. The van der Waals surface area contributed by atoms with E-state index >= 15 is 0 Å². The van der Waals surface area contributed by atoms with Crippen molar-refractivity contribution in [3.8, 4) is 5.88 Å². The van der Waals surface area contributed by atoms with Gasteiger partial charge in [-0.15, -0.1) is 0 Å². The Morgan fingerprint density at radius 2 is 2.04 bits per heavy atom. The van der Waals surface area contributed by atoms with E-state index in [-0.39, 0.29) is 17.9 Å². The van der Waals surface area contributed by atoms with Crippen molar-refractivity contribution in [1.82, 2.24) is 14.9 Å². The number of methoxy groups -OCH3 is 1. The lowest BCUT2D eigenvalue weighted by atomic mass is 9.95. The van der Waals surface area contributed by atoms with Crippen LogP contribution in [0.4, 0.5) is 0 Å². The molecule has 5 heteroatoms. The van der Waals surface area contributed by atoms with E-state index in [1.807, 2.05) is 30.2 Å². The predicted octanol–water partition coefficient (Wildman–Crippen LogP) is 3.34. The Hall–Kier alpha value is -2.43. The molecule has 122 valence electrons. The third kappa shape index (κ3) is 3.86. The fourth-order valence-electron chi connectivity index (χ4n) is 2.74. The lowest BCUT2D eigenvalue weighted by Crippen LogP contribution is -2.37. The Balaban J connectivity index is 2.37. The molecule has 0 radical (unpaired) electrons. The molecule has 0 saturated heterocycles. The second-order valence-electron chi connectivity index (χ2n) is 5.63. The van der Waals surface area contributed by atoms with Crippen LogP contribution in [0.25, 0.3) is 0 Å². The Kier molecular flexibility index (Phi) is 5.68. The van der Waals surface area contributed by atoms with E-state index in [1.54, 1.807) is 31.5 Å². The summed E-state index contributed by atoms with van der Waals surface area (Å²) >= 11 is 0. The van der Waals surface area contributed by atoms with Crippen molar-refractivity contribution < 1.29 is 9.53 Å². The van der Waals surface area contributed by atoms with Crippen LogP contribution in [-0.4, -0.2) is 34.4 Å². The Morgan fingerprint density at radius 3 is 2.61 bits per heavy atom. The number of carbonyl (C=O) groups excluding carboxylic acids is 1. The number of rotatable bonds is 6. The van der Waals surface area contributed by atoms with Gasteiger partial charge in [0.15, 0.2) is 0 Å². The molecule has 0 saturated carbocycles. The lowest BCUT2D eigenvalue weighted by molar-refractivity contribution is 0.0629. The maximum absolute atomic E-state index is 13.0. The zero-order chi connectivity index (χ0) is 16.8. The summed E-state index contributed by atoms with van der Waals surface area (Å²) in [5, 5.41) is 0. The summed E-state index contributed by atoms with van der Waals surface area (Å²) in [7, 11) is 1.54. The van der Waals surface area contributed by atoms with E-state index in [9.17, 15) is 4.79 Å². The van der Waals surface area contributed by atoms with Gasteiger partial charge < -0.3 is 9.64 Å². The van der Waals surface area contributed by atoms with Gasteiger partial charge in [0.25, 0.3) is 5.91 Å². The van der Waals surface area contributed by atoms with Crippen molar-refractivity contribution >= 4 is 5.91 Å². The summed E-state index contributed by atoms with van der Waals surface area (Å²) < 4.78 is 5.12. The van der Waals surface area contributed by atoms with Crippen molar-refractivity contribution in [3.63, 3.8) is 0 Å². The third-order valence-electron chi connectivity index (χ3n) is 3.75. The summed E-state index contributed by atoms with van der Waals surface area (Å²) in [4.78, 5) is 23.2. The summed E-state index contributed by atoms with van der Waals surface area (Å²) in [5.41, 5.74) is 1.42. The van der Waals surface area contributed by atoms with Crippen molar-refractivity contribution in [3.05, 3.63) is 54.0 Å². The molecular formula is C18H23N3O2. The first kappa shape index (κ1) is 16.9. The monoisotopic (exact) mass is 313 g/mol. The van der Waals surface area contributed by atoms with Crippen molar-refractivity contribution in [2.24, 2.45) is 5.92 Å². The van der Waals surface area contributed by atoms with Crippen LogP contribution in [-0.2, 0) is 0 Å². The normalized spacial score (nSPS) is 12.0. The van der Waals surface area contributed by atoms with Crippen LogP contribution in [0.3, 0.4) is 0 Å². The number of pyridine rings is 2. The SMILES string of the molecule is CCN(C(=O)c1cccc(OC)n1)C(c1cccnc1)C(C)C. The zero-order valence-electron chi connectivity index (χ0n) is 14.1. The first-order chi connectivity index (χ1) is 11.1. The second kappa shape index (κ2) is 7.72. The van der Waals surface area contributed by atoms with E-state index < -0.39 is 0 Å². The van der Waals surface area contributed by atoms with Crippen LogP contribution in [0, 0.1) is 5.92 Å². The predicted molar refractivity (Wildman–Crippen MR) is 89.3 cm³/mol. The van der Waals surface area contributed by atoms with Crippen molar-refractivity contribution in [2.45, 2.75) is 26.8 Å².